The van der Waals surface area contributed by atoms with Gasteiger partial charge in [0.1, 0.15) is 5.75 Å². The van der Waals surface area contributed by atoms with Gasteiger partial charge in [-0.1, -0.05) is 12.1 Å². The van der Waals surface area contributed by atoms with Crippen molar-refractivity contribution >= 4 is 5.91 Å². The molecule has 1 amide bonds. The molecule has 0 saturated carbocycles. The maximum atomic E-state index is 12.2. The van der Waals surface area contributed by atoms with E-state index in [-0.39, 0.29) is 11.5 Å². The van der Waals surface area contributed by atoms with Gasteiger partial charge in [-0.05, 0) is 11.6 Å². The molecule has 1 aromatic carbocycles. The fraction of sp³-hybridized carbons (Fsp3) is 0.267. The van der Waals surface area contributed by atoms with E-state index in [1.165, 1.54) is 23.2 Å². The predicted molar refractivity (Wildman–Crippen MR) is 76.5 cm³/mol. The molecule has 1 aromatic heterocycles. The van der Waals surface area contributed by atoms with Gasteiger partial charge in [0.25, 0.3) is 11.5 Å². The zero-order chi connectivity index (χ0) is 14.7. The smallest absolute Gasteiger partial charge is 0.255 e. The minimum Gasteiger partial charge on any atom is -0.492 e. The van der Waals surface area contributed by atoms with Crippen LogP contribution < -0.4 is 15.6 Å². The van der Waals surface area contributed by atoms with Crippen molar-refractivity contribution in [1.82, 2.24) is 14.9 Å². The molecule has 1 aliphatic heterocycles. The quantitative estimate of drug-likeness (QED) is 0.893. The van der Waals surface area contributed by atoms with Gasteiger partial charge in [0.05, 0.1) is 18.5 Å². The number of ether oxygens (including phenoxy) is 1. The van der Waals surface area contributed by atoms with Gasteiger partial charge in [-0.2, -0.15) is 0 Å². The third kappa shape index (κ3) is 2.79. The van der Waals surface area contributed by atoms with E-state index in [0.717, 1.165) is 12.0 Å². The fourth-order valence-corrected chi connectivity index (χ4v) is 2.33. The highest BCUT2D eigenvalue weighted by Crippen LogP contribution is 2.29. The molecule has 0 fully saturated rings. The molecule has 21 heavy (non-hydrogen) atoms. The Kier molecular flexibility index (Phi) is 3.68. The highest BCUT2D eigenvalue weighted by atomic mass is 16.5. The average molecular weight is 285 g/mol. The Hall–Kier alpha value is -2.63. The first kappa shape index (κ1) is 13.4. The van der Waals surface area contributed by atoms with Crippen molar-refractivity contribution in [2.24, 2.45) is 0 Å². The summed E-state index contributed by atoms with van der Waals surface area (Å²) in [5.74, 6) is 0.485. The summed E-state index contributed by atoms with van der Waals surface area (Å²) in [4.78, 5) is 27.6. The average Bonchev–Trinajstić information content (AvgIpc) is 2.97. The number of carbonyl (C=O) groups excluding carboxylic acids is 1. The Balaban J connectivity index is 1.64. The van der Waals surface area contributed by atoms with Gasteiger partial charge in [0.15, 0.2) is 0 Å². The molecule has 6 nitrogen and oxygen atoms in total. The van der Waals surface area contributed by atoms with E-state index >= 15 is 0 Å². The van der Waals surface area contributed by atoms with Gasteiger partial charge >= 0.3 is 0 Å². The largest absolute Gasteiger partial charge is 0.492 e. The summed E-state index contributed by atoms with van der Waals surface area (Å²) in [5, 5.41) is 2.80. The number of benzene rings is 1. The summed E-state index contributed by atoms with van der Waals surface area (Å²) in [6, 6.07) is 6.96. The van der Waals surface area contributed by atoms with Crippen LogP contribution in [-0.2, 0) is 13.0 Å². The van der Waals surface area contributed by atoms with Crippen molar-refractivity contribution < 1.29 is 9.53 Å². The molecule has 0 spiro atoms. The van der Waals surface area contributed by atoms with Gasteiger partial charge in [-0.25, -0.2) is 4.98 Å². The molecular weight excluding hydrogens is 270 g/mol. The van der Waals surface area contributed by atoms with Crippen molar-refractivity contribution in [3.63, 3.8) is 0 Å². The van der Waals surface area contributed by atoms with Crippen LogP contribution in [0.5, 0.6) is 5.75 Å². The molecule has 0 aliphatic carbocycles. The van der Waals surface area contributed by atoms with E-state index in [1.54, 1.807) is 6.07 Å². The Morgan fingerprint density at radius 2 is 2.29 bits per heavy atom. The molecule has 2 aromatic rings. The molecule has 2 heterocycles. The number of nitrogens with one attached hydrogen (secondary N) is 1. The molecule has 0 saturated heterocycles. The second-order valence-corrected chi connectivity index (χ2v) is 4.76. The van der Waals surface area contributed by atoms with Gasteiger partial charge in [-0.3, -0.25) is 14.2 Å². The SMILES string of the molecule is O=C(NCCn1cnccc1=O)c1cccc2c1OCC2. The summed E-state index contributed by atoms with van der Waals surface area (Å²) in [6.45, 7) is 1.35. The molecule has 3 rings (SSSR count). The van der Waals surface area contributed by atoms with Gasteiger partial charge in [0, 0.05) is 31.8 Å². The van der Waals surface area contributed by atoms with Crippen LogP contribution in [0.4, 0.5) is 0 Å². The number of rotatable bonds is 4. The van der Waals surface area contributed by atoms with Crippen molar-refractivity contribution in [3.05, 3.63) is 58.3 Å². The summed E-state index contributed by atoms with van der Waals surface area (Å²) >= 11 is 0. The maximum Gasteiger partial charge on any atom is 0.255 e. The summed E-state index contributed by atoms with van der Waals surface area (Å²) in [7, 11) is 0. The normalized spacial score (nSPS) is 12.6. The second kappa shape index (κ2) is 5.78. The number of para-hydroxylation sites is 1. The highest BCUT2D eigenvalue weighted by molar-refractivity contribution is 5.97. The van der Waals surface area contributed by atoms with E-state index in [0.29, 0.717) is 31.0 Å². The van der Waals surface area contributed by atoms with Crippen LogP contribution in [0.3, 0.4) is 0 Å². The van der Waals surface area contributed by atoms with Crippen LogP contribution in [0.15, 0.2) is 41.6 Å². The van der Waals surface area contributed by atoms with E-state index in [9.17, 15) is 9.59 Å². The van der Waals surface area contributed by atoms with Crippen LogP contribution in [0.25, 0.3) is 0 Å². The number of aromatic nitrogens is 2. The molecule has 1 N–H and O–H groups in total. The van der Waals surface area contributed by atoms with Gasteiger partial charge < -0.3 is 10.1 Å². The Bertz CT molecular complexity index is 724. The third-order valence-corrected chi connectivity index (χ3v) is 3.39. The number of fused-ring (bicyclic) bond motifs is 1. The van der Waals surface area contributed by atoms with Crippen molar-refractivity contribution in [3.8, 4) is 5.75 Å². The number of carbonyl (C=O) groups is 1. The van der Waals surface area contributed by atoms with Crippen LogP contribution in [-0.4, -0.2) is 28.6 Å². The lowest BCUT2D eigenvalue weighted by atomic mass is 10.1. The maximum absolute atomic E-state index is 12.2. The number of hydrogen-bond acceptors (Lipinski definition) is 4. The number of amides is 1. The molecule has 1 aliphatic rings. The zero-order valence-corrected chi connectivity index (χ0v) is 11.4. The first-order valence-corrected chi connectivity index (χ1v) is 6.79. The highest BCUT2D eigenvalue weighted by Gasteiger charge is 2.19. The second-order valence-electron chi connectivity index (χ2n) is 4.76. The van der Waals surface area contributed by atoms with E-state index in [4.69, 9.17) is 4.74 Å². The molecule has 0 unspecified atom stereocenters. The Morgan fingerprint density at radius 3 is 3.14 bits per heavy atom. The van der Waals surface area contributed by atoms with Crippen molar-refractivity contribution in [2.75, 3.05) is 13.2 Å². The first-order chi connectivity index (χ1) is 10.3. The summed E-state index contributed by atoms with van der Waals surface area (Å²) in [6.07, 6.45) is 3.74. The zero-order valence-electron chi connectivity index (χ0n) is 11.4. The van der Waals surface area contributed by atoms with Crippen LogP contribution in [0.1, 0.15) is 15.9 Å². The molecule has 0 radical (unpaired) electrons. The lowest BCUT2D eigenvalue weighted by Crippen LogP contribution is -2.30. The monoisotopic (exact) mass is 285 g/mol. The topological polar surface area (TPSA) is 73.2 Å². The lowest BCUT2D eigenvalue weighted by molar-refractivity contribution is 0.0949. The van der Waals surface area contributed by atoms with Crippen molar-refractivity contribution in [1.29, 1.82) is 0 Å². The van der Waals surface area contributed by atoms with Crippen molar-refractivity contribution in [2.45, 2.75) is 13.0 Å². The van der Waals surface area contributed by atoms with Crippen LogP contribution in [0, 0.1) is 0 Å². The molecule has 108 valence electrons. The first-order valence-electron chi connectivity index (χ1n) is 6.79. The van der Waals surface area contributed by atoms with E-state index in [1.807, 2.05) is 12.1 Å². The van der Waals surface area contributed by atoms with Gasteiger partial charge in [-0.15, -0.1) is 0 Å². The Labute approximate surface area is 121 Å². The summed E-state index contributed by atoms with van der Waals surface area (Å²) in [5.41, 5.74) is 1.47. The number of nitrogens with zero attached hydrogens (tertiary/aromatic N) is 2. The predicted octanol–water partition coefficient (Wildman–Crippen LogP) is 0.608. The Morgan fingerprint density at radius 1 is 1.38 bits per heavy atom. The molecule has 0 bridgehead atoms. The molecule has 6 heteroatoms. The lowest BCUT2D eigenvalue weighted by Gasteiger charge is -2.09. The molecule has 0 atom stereocenters. The third-order valence-electron chi connectivity index (χ3n) is 3.39. The van der Waals surface area contributed by atoms with E-state index < -0.39 is 0 Å². The minimum atomic E-state index is -0.189. The number of hydrogen-bond donors (Lipinski definition) is 1. The standard InChI is InChI=1S/C15H15N3O3/c19-13-4-6-16-10-18(13)8-7-17-15(20)12-3-1-2-11-5-9-21-14(11)12/h1-4,6,10H,5,7-9H2,(H,17,20). The fourth-order valence-electron chi connectivity index (χ4n) is 2.33. The van der Waals surface area contributed by atoms with Gasteiger partial charge in [0.2, 0.25) is 0 Å². The van der Waals surface area contributed by atoms with Crippen LogP contribution >= 0.6 is 0 Å². The van der Waals surface area contributed by atoms with E-state index in [2.05, 4.69) is 10.3 Å². The van der Waals surface area contributed by atoms with Crippen LogP contribution in [0.2, 0.25) is 0 Å². The molecular formula is C15H15N3O3. The summed E-state index contributed by atoms with van der Waals surface area (Å²) < 4.78 is 6.96. The minimum absolute atomic E-state index is 0.136.